The first-order chi connectivity index (χ1) is 14.7. The summed E-state index contributed by atoms with van der Waals surface area (Å²) >= 11 is 0. The van der Waals surface area contributed by atoms with Crippen LogP contribution in [0.4, 0.5) is 5.69 Å². The van der Waals surface area contributed by atoms with Crippen LogP contribution in [0.1, 0.15) is 30.4 Å². The fourth-order valence-corrected chi connectivity index (χ4v) is 3.59. The molecule has 0 bridgehead atoms. The number of para-hydroxylation sites is 1. The van der Waals surface area contributed by atoms with Gasteiger partial charge in [-0.25, -0.2) is 9.67 Å². The molecule has 1 unspecified atom stereocenters. The van der Waals surface area contributed by atoms with E-state index in [2.05, 4.69) is 39.2 Å². The third-order valence-electron chi connectivity index (χ3n) is 5.09. The predicted molar refractivity (Wildman–Crippen MR) is 134 cm³/mol. The number of carbonyl (C=O) groups is 1. The smallest absolute Gasteiger partial charge is 0.225 e. The van der Waals surface area contributed by atoms with Crippen molar-refractivity contribution in [2.24, 2.45) is 4.99 Å². The summed E-state index contributed by atoms with van der Waals surface area (Å²) in [7, 11) is 0. The molecule has 1 atom stereocenters. The lowest BCUT2D eigenvalue weighted by Crippen LogP contribution is -2.40. The summed E-state index contributed by atoms with van der Waals surface area (Å²) in [5, 5.41) is 13.9. The number of aromatic nitrogens is 2. The minimum atomic E-state index is 0. The largest absolute Gasteiger partial charge is 0.357 e. The third kappa shape index (κ3) is 5.84. The van der Waals surface area contributed by atoms with Gasteiger partial charge in [0.15, 0.2) is 5.96 Å². The first-order valence-corrected chi connectivity index (χ1v) is 10.2. The van der Waals surface area contributed by atoms with Crippen molar-refractivity contribution in [3.05, 3.63) is 78.1 Å². The van der Waals surface area contributed by atoms with E-state index >= 15 is 0 Å². The van der Waals surface area contributed by atoms with E-state index in [1.54, 1.807) is 6.20 Å². The maximum atomic E-state index is 12.0. The SMILES string of the molecule is CCNC(=NCc1ccc(-n2cccn2)cc1)NCC1CC(=O)Nc2ccccc21.I. The summed E-state index contributed by atoms with van der Waals surface area (Å²) in [5.74, 6) is 0.920. The molecule has 0 radical (unpaired) electrons. The second-order valence-corrected chi connectivity index (χ2v) is 7.23. The van der Waals surface area contributed by atoms with Gasteiger partial charge in [0, 0.05) is 43.5 Å². The van der Waals surface area contributed by atoms with Crippen LogP contribution in [0.3, 0.4) is 0 Å². The van der Waals surface area contributed by atoms with Gasteiger partial charge in [-0.1, -0.05) is 30.3 Å². The molecule has 4 rings (SSSR count). The van der Waals surface area contributed by atoms with E-state index in [9.17, 15) is 4.79 Å². The molecule has 1 aliphatic heterocycles. The lowest BCUT2D eigenvalue weighted by atomic mass is 9.90. The number of hydrogen-bond donors (Lipinski definition) is 3. The van der Waals surface area contributed by atoms with Gasteiger partial charge in [0.25, 0.3) is 0 Å². The highest BCUT2D eigenvalue weighted by Gasteiger charge is 2.24. The Labute approximate surface area is 199 Å². The van der Waals surface area contributed by atoms with Gasteiger partial charge in [0.1, 0.15) is 0 Å². The van der Waals surface area contributed by atoms with Crippen LogP contribution >= 0.6 is 24.0 Å². The molecule has 7 nitrogen and oxygen atoms in total. The van der Waals surface area contributed by atoms with Gasteiger partial charge in [-0.3, -0.25) is 4.79 Å². The Bertz CT molecular complexity index is 1020. The van der Waals surface area contributed by atoms with Crippen LogP contribution in [0.25, 0.3) is 5.69 Å². The monoisotopic (exact) mass is 530 g/mol. The number of benzene rings is 2. The number of anilines is 1. The van der Waals surface area contributed by atoms with Crippen molar-refractivity contribution in [2.45, 2.75) is 25.8 Å². The Kier molecular flexibility index (Phi) is 8.05. The first kappa shape index (κ1) is 22.8. The maximum Gasteiger partial charge on any atom is 0.225 e. The van der Waals surface area contributed by atoms with Crippen LogP contribution in [0.5, 0.6) is 0 Å². The number of nitrogens with one attached hydrogen (secondary N) is 3. The minimum absolute atomic E-state index is 0. The molecule has 0 saturated heterocycles. The fourth-order valence-electron chi connectivity index (χ4n) is 3.59. The normalized spacial score (nSPS) is 15.5. The van der Waals surface area contributed by atoms with Crippen LogP contribution in [0.15, 0.2) is 72.0 Å². The third-order valence-corrected chi connectivity index (χ3v) is 5.09. The predicted octanol–water partition coefficient (Wildman–Crippen LogP) is 3.67. The lowest BCUT2D eigenvalue weighted by Gasteiger charge is -2.26. The second-order valence-electron chi connectivity index (χ2n) is 7.23. The Hall–Kier alpha value is -2.88. The molecule has 3 N–H and O–H groups in total. The highest BCUT2D eigenvalue weighted by molar-refractivity contribution is 14.0. The fraction of sp³-hybridized carbons (Fsp3) is 0.261. The van der Waals surface area contributed by atoms with E-state index in [1.165, 1.54) is 0 Å². The van der Waals surface area contributed by atoms with E-state index in [-0.39, 0.29) is 35.8 Å². The first-order valence-electron chi connectivity index (χ1n) is 10.2. The Morgan fingerprint density at radius 2 is 1.97 bits per heavy atom. The van der Waals surface area contributed by atoms with Gasteiger partial charge < -0.3 is 16.0 Å². The minimum Gasteiger partial charge on any atom is -0.357 e. The lowest BCUT2D eigenvalue weighted by molar-refractivity contribution is -0.116. The van der Waals surface area contributed by atoms with Crippen LogP contribution in [0, 0.1) is 0 Å². The van der Waals surface area contributed by atoms with Crippen molar-refractivity contribution in [3.8, 4) is 5.69 Å². The van der Waals surface area contributed by atoms with Gasteiger partial charge in [0.05, 0.1) is 12.2 Å². The van der Waals surface area contributed by atoms with E-state index in [4.69, 9.17) is 4.99 Å². The topological polar surface area (TPSA) is 83.3 Å². The summed E-state index contributed by atoms with van der Waals surface area (Å²) in [6.07, 6.45) is 4.16. The number of hydrogen-bond acceptors (Lipinski definition) is 3. The number of amides is 1. The summed E-state index contributed by atoms with van der Waals surface area (Å²) in [5.41, 5.74) is 4.20. The van der Waals surface area contributed by atoms with Gasteiger partial charge >= 0.3 is 0 Å². The summed E-state index contributed by atoms with van der Waals surface area (Å²) < 4.78 is 1.83. The van der Waals surface area contributed by atoms with Gasteiger partial charge in [0.2, 0.25) is 5.91 Å². The Morgan fingerprint density at radius 1 is 1.16 bits per heavy atom. The zero-order chi connectivity index (χ0) is 20.8. The number of aliphatic imine (C=N–C) groups is 1. The van der Waals surface area contributed by atoms with Crippen LogP contribution in [-0.2, 0) is 11.3 Å². The molecule has 0 fully saturated rings. The number of guanidine groups is 1. The number of carbonyl (C=O) groups excluding carboxylic acids is 1. The molecule has 31 heavy (non-hydrogen) atoms. The molecule has 0 aliphatic carbocycles. The molecule has 0 spiro atoms. The number of fused-ring (bicyclic) bond motifs is 1. The van der Waals surface area contributed by atoms with Gasteiger partial charge in [-0.05, 0) is 42.3 Å². The summed E-state index contributed by atoms with van der Waals surface area (Å²) in [6.45, 7) is 4.02. The highest BCUT2D eigenvalue weighted by atomic mass is 127. The van der Waals surface area contributed by atoms with Crippen molar-refractivity contribution in [3.63, 3.8) is 0 Å². The molecular weight excluding hydrogens is 503 g/mol. The van der Waals surface area contributed by atoms with Crippen molar-refractivity contribution in [1.29, 1.82) is 0 Å². The van der Waals surface area contributed by atoms with Crippen molar-refractivity contribution < 1.29 is 4.79 Å². The average molecular weight is 530 g/mol. The average Bonchev–Trinajstić information content (AvgIpc) is 3.31. The van der Waals surface area contributed by atoms with Crippen LogP contribution in [-0.4, -0.2) is 34.7 Å². The number of halogens is 1. The highest BCUT2D eigenvalue weighted by Crippen LogP contribution is 2.31. The number of nitrogens with zero attached hydrogens (tertiary/aromatic N) is 3. The van der Waals surface area contributed by atoms with Crippen molar-refractivity contribution >= 4 is 41.5 Å². The van der Waals surface area contributed by atoms with E-state index in [0.29, 0.717) is 19.5 Å². The number of rotatable bonds is 6. The molecule has 2 aromatic carbocycles. The zero-order valence-electron chi connectivity index (χ0n) is 17.4. The van der Waals surface area contributed by atoms with Crippen LogP contribution in [0.2, 0.25) is 0 Å². The molecule has 1 aromatic heterocycles. The summed E-state index contributed by atoms with van der Waals surface area (Å²) in [6, 6.07) is 18.1. The van der Waals surface area contributed by atoms with E-state index in [0.717, 1.165) is 35.0 Å². The van der Waals surface area contributed by atoms with Gasteiger partial charge in [-0.2, -0.15) is 5.10 Å². The molecule has 1 amide bonds. The molecular formula is C23H27IN6O. The molecule has 1 aliphatic rings. The van der Waals surface area contributed by atoms with E-state index < -0.39 is 0 Å². The molecule has 2 heterocycles. The zero-order valence-corrected chi connectivity index (χ0v) is 19.7. The quantitative estimate of drug-likeness (QED) is 0.258. The Balaban J connectivity index is 0.00000272. The van der Waals surface area contributed by atoms with Gasteiger partial charge in [-0.15, -0.1) is 24.0 Å². The standard InChI is InChI=1S/C23H26N6O.HI/c1-2-24-23(25-15-17-8-10-19(11-9-17)29-13-5-12-27-29)26-16-18-14-22(30)28-21-7-4-3-6-20(18)21;/h3-13,18H,2,14-16H2,1H3,(H,28,30)(H2,24,25,26);1H. The summed E-state index contributed by atoms with van der Waals surface area (Å²) in [4.78, 5) is 16.7. The molecule has 0 saturated carbocycles. The van der Waals surface area contributed by atoms with Crippen molar-refractivity contribution in [2.75, 3.05) is 18.4 Å². The Morgan fingerprint density at radius 3 is 2.71 bits per heavy atom. The van der Waals surface area contributed by atoms with E-state index in [1.807, 2.05) is 54.2 Å². The molecule has 162 valence electrons. The second kappa shape index (κ2) is 10.9. The van der Waals surface area contributed by atoms with Crippen molar-refractivity contribution in [1.82, 2.24) is 20.4 Å². The van der Waals surface area contributed by atoms with Crippen LogP contribution < -0.4 is 16.0 Å². The molecule has 3 aromatic rings. The maximum absolute atomic E-state index is 12.0. The molecule has 8 heteroatoms.